The summed E-state index contributed by atoms with van der Waals surface area (Å²) in [6.07, 6.45) is 9.74. The molecule has 0 aliphatic heterocycles. The molecule has 0 amide bonds. The summed E-state index contributed by atoms with van der Waals surface area (Å²) in [6, 6.07) is 3.15. The van der Waals surface area contributed by atoms with Crippen LogP contribution in [0.25, 0.3) is 0 Å². The van der Waals surface area contributed by atoms with Gasteiger partial charge in [-0.3, -0.25) is 0 Å². The van der Waals surface area contributed by atoms with Gasteiger partial charge >= 0.3 is 0 Å². The first-order valence-electron chi connectivity index (χ1n) is 6.67. The molecule has 88 valence electrons. The lowest BCUT2D eigenvalue weighted by atomic mass is 10.1. The van der Waals surface area contributed by atoms with Crippen LogP contribution < -0.4 is 5.32 Å². The number of aryl methyl sites for hydroxylation is 2. The van der Waals surface area contributed by atoms with E-state index in [0.29, 0.717) is 6.04 Å². The number of hydrogen-bond acceptors (Lipinski definition) is 2. The molecular formula is C14H21NS. The highest BCUT2D eigenvalue weighted by atomic mass is 32.1. The summed E-state index contributed by atoms with van der Waals surface area (Å²) in [6.45, 7) is 0. The highest BCUT2D eigenvalue weighted by Crippen LogP contribution is 2.44. The van der Waals surface area contributed by atoms with Gasteiger partial charge in [-0.05, 0) is 63.1 Å². The molecule has 1 aromatic heterocycles. The Morgan fingerprint density at radius 1 is 1.25 bits per heavy atom. The van der Waals surface area contributed by atoms with Crippen molar-refractivity contribution in [2.45, 2.75) is 51.0 Å². The molecule has 2 heteroatoms. The van der Waals surface area contributed by atoms with Crippen LogP contribution in [0, 0.1) is 5.92 Å². The lowest BCUT2D eigenvalue weighted by Crippen LogP contribution is -2.16. The molecule has 0 radical (unpaired) electrons. The van der Waals surface area contributed by atoms with E-state index in [1.807, 2.05) is 0 Å². The molecule has 1 heterocycles. The second kappa shape index (κ2) is 4.50. The molecule has 1 aromatic rings. The number of fused-ring (bicyclic) bond motifs is 1. The molecular weight excluding hydrogens is 214 g/mol. The van der Waals surface area contributed by atoms with Crippen molar-refractivity contribution in [1.29, 1.82) is 0 Å². The van der Waals surface area contributed by atoms with Crippen molar-refractivity contribution in [3.63, 3.8) is 0 Å². The Hall–Kier alpha value is -0.340. The molecule has 0 spiro atoms. The molecule has 0 saturated heterocycles. The molecule has 1 nitrogen and oxygen atoms in total. The molecule has 0 aromatic carbocycles. The standard InChI is InChI=1S/C14H21NS/c1-15-14(10-7-8-10)13-9-11-5-3-2-4-6-12(11)16-13/h9-10,14-15H,2-8H2,1H3. The van der Waals surface area contributed by atoms with Gasteiger partial charge in [0.1, 0.15) is 0 Å². The zero-order valence-electron chi connectivity index (χ0n) is 10.1. The minimum absolute atomic E-state index is 0.650. The number of nitrogens with one attached hydrogen (secondary N) is 1. The molecule has 16 heavy (non-hydrogen) atoms. The summed E-state index contributed by atoms with van der Waals surface area (Å²) >= 11 is 2.09. The summed E-state index contributed by atoms with van der Waals surface area (Å²) in [7, 11) is 2.12. The van der Waals surface area contributed by atoms with Crippen molar-refractivity contribution in [1.82, 2.24) is 5.32 Å². The topological polar surface area (TPSA) is 12.0 Å². The van der Waals surface area contributed by atoms with Crippen LogP contribution in [0.15, 0.2) is 6.07 Å². The highest BCUT2D eigenvalue weighted by molar-refractivity contribution is 7.12. The van der Waals surface area contributed by atoms with Crippen molar-refractivity contribution < 1.29 is 0 Å². The Morgan fingerprint density at radius 3 is 2.81 bits per heavy atom. The van der Waals surface area contributed by atoms with Crippen LogP contribution in [0.1, 0.15) is 53.5 Å². The fourth-order valence-corrected chi connectivity index (χ4v) is 4.34. The normalized spacial score (nSPS) is 22.6. The quantitative estimate of drug-likeness (QED) is 0.788. The van der Waals surface area contributed by atoms with Gasteiger partial charge < -0.3 is 5.32 Å². The van der Waals surface area contributed by atoms with Gasteiger partial charge in [-0.25, -0.2) is 0 Å². The summed E-state index contributed by atoms with van der Waals surface area (Å²) in [5.74, 6) is 0.923. The van der Waals surface area contributed by atoms with E-state index >= 15 is 0 Å². The first-order chi connectivity index (χ1) is 7.88. The van der Waals surface area contributed by atoms with Crippen LogP contribution in [0.2, 0.25) is 0 Å². The van der Waals surface area contributed by atoms with Crippen LogP contribution in [-0.4, -0.2) is 7.05 Å². The Labute approximate surface area is 102 Å². The summed E-state index contributed by atoms with van der Waals surface area (Å²) in [4.78, 5) is 3.30. The molecule has 1 saturated carbocycles. The van der Waals surface area contributed by atoms with Crippen molar-refractivity contribution in [3.05, 3.63) is 21.4 Å². The lowest BCUT2D eigenvalue weighted by molar-refractivity contribution is 0.537. The first kappa shape index (κ1) is 10.8. The Bertz CT molecular complexity index is 341. The number of rotatable bonds is 3. The third kappa shape index (κ3) is 2.05. The van der Waals surface area contributed by atoms with Crippen molar-refractivity contribution >= 4 is 11.3 Å². The molecule has 1 N–H and O–H groups in total. The zero-order valence-corrected chi connectivity index (χ0v) is 10.9. The molecule has 2 aliphatic carbocycles. The third-order valence-corrected chi connectivity index (χ3v) is 5.30. The maximum atomic E-state index is 3.52. The van der Waals surface area contributed by atoms with E-state index in [1.54, 1.807) is 15.3 Å². The molecule has 0 bridgehead atoms. The van der Waals surface area contributed by atoms with E-state index < -0.39 is 0 Å². The SMILES string of the molecule is CNC(c1cc2c(s1)CCCCC2)C1CC1. The smallest absolute Gasteiger partial charge is 0.0441 e. The van der Waals surface area contributed by atoms with Gasteiger partial charge in [0, 0.05) is 15.8 Å². The van der Waals surface area contributed by atoms with Gasteiger partial charge in [-0.1, -0.05) is 6.42 Å². The van der Waals surface area contributed by atoms with Crippen LogP contribution in [0.5, 0.6) is 0 Å². The van der Waals surface area contributed by atoms with Gasteiger partial charge in [0.25, 0.3) is 0 Å². The molecule has 1 atom stereocenters. The second-order valence-corrected chi connectivity index (χ2v) is 6.43. The Balaban J connectivity index is 1.84. The van der Waals surface area contributed by atoms with Crippen molar-refractivity contribution in [3.8, 4) is 0 Å². The maximum Gasteiger partial charge on any atom is 0.0441 e. The predicted molar refractivity (Wildman–Crippen MR) is 70.1 cm³/mol. The third-order valence-electron chi connectivity index (χ3n) is 3.98. The number of hydrogen-bond donors (Lipinski definition) is 1. The van der Waals surface area contributed by atoms with Crippen molar-refractivity contribution in [2.75, 3.05) is 7.05 Å². The summed E-state index contributed by atoms with van der Waals surface area (Å²) < 4.78 is 0. The number of thiophene rings is 1. The molecule has 2 aliphatic rings. The van der Waals surface area contributed by atoms with Crippen LogP contribution >= 0.6 is 11.3 Å². The molecule has 3 rings (SSSR count). The van der Waals surface area contributed by atoms with Crippen LogP contribution in [0.4, 0.5) is 0 Å². The van der Waals surface area contributed by atoms with Crippen LogP contribution in [0.3, 0.4) is 0 Å². The van der Waals surface area contributed by atoms with Gasteiger partial charge in [0.15, 0.2) is 0 Å². The molecule has 1 fully saturated rings. The van der Waals surface area contributed by atoms with E-state index in [-0.39, 0.29) is 0 Å². The van der Waals surface area contributed by atoms with E-state index in [0.717, 1.165) is 5.92 Å². The predicted octanol–water partition coefficient (Wildman–Crippen LogP) is 3.69. The monoisotopic (exact) mass is 235 g/mol. The minimum Gasteiger partial charge on any atom is -0.312 e. The van der Waals surface area contributed by atoms with E-state index in [4.69, 9.17) is 0 Å². The second-order valence-electron chi connectivity index (χ2n) is 5.26. The first-order valence-corrected chi connectivity index (χ1v) is 7.49. The van der Waals surface area contributed by atoms with Gasteiger partial charge in [0.05, 0.1) is 0 Å². The van der Waals surface area contributed by atoms with E-state index in [9.17, 15) is 0 Å². The summed E-state index contributed by atoms with van der Waals surface area (Å²) in [5, 5.41) is 3.52. The van der Waals surface area contributed by atoms with Crippen molar-refractivity contribution in [2.24, 2.45) is 5.92 Å². The zero-order chi connectivity index (χ0) is 11.0. The van der Waals surface area contributed by atoms with E-state index in [2.05, 4.69) is 29.8 Å². The molecule has 1 unspecified atom stereocenters. The Morgan fingerprint density at radius 2 is 2.06 bits per heavy atom. The van der Waals surface area contributed by atoms with Crippen LogP contribution in [-0.2, 0) is 12.8 Å². The highest BCUT2D eigenvalue weighted by Gasteiger charge is 2.32. The minimum atomic E-state index is 0.650. The van der Waals surface area contributed by atoms with Gasteiger partial charge in [-0.2, -0.15) is 0 Å². The average molecular weight is 235 g/mol. The average Bonchev–Trinajstić information content (AvgIpc) is 3.06. The van der Waals surface area contributed by atoms with Gasteiger partial charge in [0.2, 0.25) is 0 Å². The largest absolute Gasteiger partial charge is 0.312 e. The summed E-state index contributed by atoms with van der Waals surface area (Å²) in [5.41, 5.74) is 1.67. The fraction of sp³-hybridized carbons (Fsp3) is 0.714. The Kier molecular flexibility index (Phi) is 3.03. The lowest BCUT2D eigenvalue weighted by Gasteiger charge is -2.12. The fourth-order valence-electron chi connectivity index (χ4n) is 2.88. The van der Waals surface area contributed by atoms with Gasteiger partial charge in [-0.15, -0.1) is 11.3 Å². The maximum absolute atomic E-state index is 3.52. The van der Waals surface area contributed by atoms with E-state index in [1.165, 1.54) is 44.9 Å².